The van der Waals surface area contributed by atoms with E-state index in [1.54, 1.807) is 7.11 Å². The van der Waals surface area contributed by atoms with Gasteiger partial charge in [-0.2, -0.15) is 0 Å². The number of rotatable bonds is 7. The van der Waals surface area contributed by atoms with Gasteiger partial charge in [-0.3, -0.25) is 0 Å². The van der Waals surface area contributed by atoms with Crippen molar-refractivity contribution in [3.63, 3.8) is 0 Å². The Balaban J connectivity index is 3.09. The summed E-state index contributed by atoms with van der Waals surface area (Å²) in [5, 5.41) is 3.63. The highest BCUT2D eigenvalue weighted by atomic mass is 16.5. The molecule has 2 nitrogen and oxygen atoms in total. The number of methoxy groups -OCH3 is 1. The molecule has 0 aromatic heterocycles. The number of aryl methyl sites for hydroxylation is 2. The molecule has 1 aromatic rings. The van der Waals surface area contributed by atoms with Crippen molar-refractivity contribution in [1.82, 2.24) is 5.32 Å². The number of nitrogens with one attached hydrogen (secondary N) is 1. The second kappa shape index (κ2) is 7.54. The lowest BCUT2D eigenvalue weighted by Crippen LogP contribution is -2.27. The van der Waals surface area contributed by atoms with E-state index in [0.717, 1.165) is 12.3 Å². The maximum Gasteiger partial charge on any atom is 0.124 e. The van der Waals surface area contributed by atoms with E-state index in [9.17, 15) is 0 Å². The first-order valence-corrected chi connectivity index (χ1v) is 7.43. The van der Waals surface area contributed by atoms with Gasteiger partial charge in [-0.15, -0.1) is 0 Å². The third-order valence-corrected chi connectivity index (χ3v) is 3.78. The monoisotopic (exact) mass is 263 g/mol. The van der Waals surface area contributed by atoms with E-state index in [1.807, 2.05) is 0 Å². The molecule has 0 radical (unpaired) electrons. The SMILES string of the molecule is CCCC(C)C(NCC)c1cc(C)c(OC)c(C)c1. The van der Waals surface area contributed by atoms with Crippen molar-refractivity contribution in [2.24, 2.45) is 5.92 Å². The summed E-state index contributed by atoms with van der Waals surface area (Å²) in [5.74, 6) is 1.67. The predicted octanol–water partition coefficient (Wildman–Crippen LogP) is 4.40. The molecule has 0 bridgehead atoms. The Morgan fingerprint density at radius 1 is 1.16 bits per heavy atom. The Bertz CT molecular complexity index is 377. The van der Waals surface area contributed by atoms with Crippen LogP contribution in [0.4, 0.5) is 0 Å². The fraction of sp³-hybridized carbons (Fsp3) is 0.647. The molecular formula is C17H29NO. The van der Waals surface area contributed by atoms with Crippen molar-refractivity contribution in [1.29, 1.82) is 0 Å². The standard InChI is InChI=1S/C17H29NO/c1-7-9-12(3)16(18-8-2)15-10-13(4)17(19-6)14(5)11-15/h10-12,16,18H,7-9H2,1-6H3. The summed E-state index contributed by atoms with van der Waals surface area (Å²) in [6.45, 7) is 12.0. The van der Waals surface area contributed by atoms with Crippen LogP contribution in [-0.4, -0.2) is 13.7 Å². The molecule has 2 unspecified atom stereocenters. The van der Waals surface area contributed by atoms with Crippen LogP contribution in [0.15, 0.2) is 12.1 Å². The largest absolute Gasteiger partial charge is 0.496 e. The summed E-state index contributed by atoms with van der Waals surface area (Å²) in [6.07, 6.45) is 2.49. The number of hydrogen-bond donors (Lipinski definition) is 1. The van der Waals surface area contributed by atoms with Crippen molar-refractivity contribution in [3.8, 4) is 5.75 Å². The van der Waals surface area contributed by atoms with Crippen molar-refractivity contribution in [3.05, 3.63) is 28.8 Å². The van der Waals surface area contributed by atoms with Crippen molar-refractivity contribution in [2.45, 2.75) is 53.5 Å². The minimum Gasteiger partial charge on any atom is -0.496 e. The molecule has 0 spiro atoms. The van der Waals surface area contributed by atoms with Crippen LogP contribution in [0.1, 0.15) is 56.3 Å². The van der Waals surface area contributed by atoms with Crippen LogP contribution in [0.25, 0.3) is 0 Å². The Hall–Kier alpha value is -1.02. The van der Waals surface area contributed by atoms with Crippen molar-refractivity contribution in [2.75, 3.05) is 13.7 Å². The summed E-state index contributed by atoms with van der Waals surface area (Å²) >= 11 is 0. The van der Waals surface area contributed by atoms with E-state index in [2.05, 4.69) is 52.1 Å². The van der Waals surface area contributed by atoms with Gasteiger partial charge in [0.05, 0.1) is 7.11 Å². The Morgan fingerprint density at radius 3 is 2.16 bits per heavy atom. The zero-order valence-corrected chi connectivity index (χ0v) is 13.3. The van der Waals surface area contributed by atoms with Crippen LogP contribution in [0, 0.1) is 19.8 Å². The number of benzene rings is 1. The van der Waals surface area contributed by atoms with Gasteiger partial charge in [-0.1, -0.05) is 39.3 Å². The molecule has 2 heteroatoms. The molecule has 108 valence electrons. The van der Waals surface area contributed by atoms with Crippen LogP contribution in [0.5, 0.6) is 5.75 Å². The van der Waals surface area contributed by atoms with Crippen LogP contribution in [0.2, 0.25) is 0 Å². The number of ether oxygens (including phenoxy) is 1. The molecule has 0 fully saturated rings. The first-order chi connectivity index (χ1) is 9.04. The average molecular weight is 263 g/mol. The van der Waals surface area contributed by atoms with Crippen LogP contribution in [0.3, 0.4) is 0 Å². The summed E-state index contributed by atoms with van der Waals surface area (Å²) < 4.78 is 5.46. The zero-order valence-electron chi connectivity index (χ0n) is 13.3. The molecule has 1 rings (SSSR count). The van der Waals surface area contributed by atoms with E-state index in [-0.39, 0.29) is 0 Å². The van der Waals surface area contributed by atoms with Gasteiger partial charge in [0.15, 0.2) is 0 Å². The second-order valence-electron chi connectivity index (χ2n) is 5.49. The molecule has 0 amide bonds. The summed E-state index contributed by atoms with van der Waals surface area (Å²) in [5.41, 5.74) is 3.84. The van der Waals surface area contributed by atoms with Gasteiger partial charge in [-0.25, -0.2) is 0 Å². The molecule has 0 aliphatic carbocycles. The van der Waals surface area contributed by atoms with E-state index in [0.29, 0.717) is 12.0 Å². The van der Waals surface area contributed by atoms with Crippen LogP contribution in [-0.2, 0) is 0 Å². The first kappa shape index (κ1) is 16.0. The number of hydrogen-bond acceptors (Lipinski definition) is 2. The van der Waals surface area contributed by atoms with Crippen molar-refractivity contribution >= 4 is 0 Å². The molecule has 0 saturated heterocycles. The molecule has 0 heterocycles. The highest BCUT2D eigenvalue weighted by molar-refractivity contribution is 5.44. The van der Waals surface area contributed by atoms with Gasteiger partial charge in [0.1, 0.15) is 5.75 Å². The normalized spacial score (nSPS) is 14.2. The van der Waals surface area contributed by atoms with E-state index in [1.165, 1.54) is 29.5 Å². The minimum atomic E-state index is 0.438. The Morgan fingerprint density at radius 2 is 1.74 bits per heavy atom. The van der Waals surface area contributed by atoms with Gasteiger partial charge in [0, 0.05) is 6.04 Å². The average Bonchev–Trinajstić information content (AvgIpc) is 2.35. The lowest BCUT2D eigenvalue weighted by Gasteiger charge is -2.26. The Kier molecular flexibility index (Phi) is 6.36. The molecule has 0 aliphatic rings. The van der Waals surface area contributed by atoms with Gasteiger partial charge in [0.25, 0.3) is 0 Å². The molecule has 1 aromatic carbocycles. The van der Waals surface area contributed by atoms with E-state index in [4.69, 9.17) is 4.74 Å². The maximum absolute atomic E-state index is 5.46. The molecular weight excluding hydrogens is 234 g/mol. The highest BCUT2D eigenvalue weighted by Crippen LogP contribution is 2.31. The smallest absolute Gasteiger partial charge is 0.124 e. The first-order valence-electron chi connectivity index (χ1n) is 7.43. The third-order valence-electron chi connectivity index (χ3n) is 3.78. The van der Waals surface area contributed by atoms with Gasteiger partial charge in [-0.05, 0) is 49.4 Å². The van der Waals surface area contributed by atoms with Crippen molar-refractivity contribution < 1.29 is 4.74 Å². The highest BCUT2D eigenvalue weighted by Gasteiger charge is 2.19. The molecule has 2 atom stereocenters. The lowest BCUT2D eigenvalue weighted by molar-refractivity contribution is 0.367. The van der Waals surface area contributed by atoms with Gasteiger partial charge < -0.3 is 10.1 Å². The molecule has 0 aliphatic heterocycles. The Labute approximate surface area is 118 Å². The van der Waals surface area contributed by atoms with E-state index >= 15 is 0 Å². The molecule has 1 N–H and O–H groups in total. The minimum absolute atomic E-state index is 0.438. The lowest BCUT2D eigenvalue weighted by atomic mass is 9.89. The quantitative estimate of drug-likeness (QED) is 0.787. The van der Waals surface area contributed by atoms with Crippen LogP contribution >= 0.6 is 0 Å². The maximum atomic E-state index is 5.46. The molecule has 19 heavy (non-hydrogen) atoms. The zero-order chi connectivity index (χ0) is 14.4. The summed E-state index contributed by atoms with van der Waals surface area (Å²) in [7, 11) is 1.75. The fourth-order valence-electron chi connectivity index (χ4n) is 2.97. The topological polar surface area (TPSA) is 21.3 Å². The second-order valence-corrected chi connectivity index (χ2v) is 5.49. The molecule has 0 saturated carbocycles. The van der Waals surface area contributed by atoms with Gasteiger partial charge >= 0.3 is 0 Å². The third kappa shape index (κ3) is 3.97. The van der Waals surface area contributed by atoms with E-state index < -0.39 is 0 Å². The summed E-state index contributed by atoms with van der Waals surface area (Å²) in [6, 6.07) is 4.98. The van der Waals surface area contributed by atoms with Gasteiger partial charge in [0.2, 0.25) is 0 Å². The summed E-state index contributed by atoms with van der Waals surface area (Å²) in [4.78, 5) is 0. The predicted molar refractivity (Wildman–Crippen MR) is 83.0 cm³/mol. The van der Waals surface area contributed by atoms with Crippen LogP contribution < -0.4 is 10.1 Å². The fourth-order valence-corrected chi connectivity index (χ4v) is 2.97.